The molecule has 0 aliphatic carbocycles. The molecule has 0 heterocycles. The minimum atomic E-state index is -1.45. The average molecular weight is 312 g/mol. The summed E-state index contributed by atoms with van der Waals surface area (Å²) >= 11 is 0. The molecule has 0 aliphatic rings. The van der Waals surface area contributed by atoms with Crippen molar-refractivity contribution in [2.75, 3.05) is 0 Å². The van der Waals surface area contributed by atoms with E-state index >= 15 is 0 Å². The molecule has 2 rings (SSSR count). The summed E-state index contributed by atoms with van der Waals surface area (Å²) in [7, 11) is 0. The van der Waals surface area contributed by atoms with E-state index in [9.17, 15) is 19.2 Å². The molecule has 2 aromatic rings. The third kappa shape index (κ3) is 3.16. The van der Waals surface area contributed by atoms with Crippen molar-refractivity contribution in [2.24, 2.45) is 0 Å². The predicted molar refractivity (Wildman–Crippen MR) is 80.2 cm³/mol. The minimum Gasteiger partial charge on any atom is -0.478 e. The number of benzene rings is 2. The van der Waals surface area contributed by atoms with Crippen LogP contribution in [0.4, 0.5) is 0 Å². The van der Waals surface area contributed by atoms with Crippen LogP contribution in [0.1, 0.15) is 53.9 Å². The smallest absolute Gasteiger partial charge is 0.336 e. The van der Waals surface area contributed by atoms with E-state index < -0.39 is 28.8 Å². The molecule has 0 spiro atoms. The van der Waals surface area contributed by atoms with Gasteiger partial charge in [-0.15, -0.1) is 0 Å². The van der Waals surface area contributed by atoms with Crippen LogP contribution in [-0.2, 0) is 0 Å². The molecule has 6 heteroatoms. The van der Waals surface area contributed by atoms with Crippen LogP contribution >= 0.6 is 0 Å². The van der Waals surface area contributed by atoms with Crippen LogP contribution < -0.4 is 0 Å². The van der Waals surface area contributed by atoms with Crippen LogP contribution in [0, 0.1) is 0 Å². The summed E-state index contributed by atoms with van der Waals surface area (Å²) in [5.41, 5.74) is -0.533. The Morgan fingerprint density at radius 3 is 1.83 bits per heavy atom. The fourth-order valence-corrected chi connectivity index (χ4v) is 2.19. The lowest BCUT2D eigenvalue weighted by Gasteiger charge is -2.08. The van der Waals surface area contributed by atoms with Crippen molar-refractivity contribution in [1.82, 2.24) is 0 Å². The largest absolute Gasteiger partial charge is 0.478 e. The summed E-state index contributed by atoms with van der Waals surface area (Å²) in [6.07, 6.45) is 0. The lowest BCUT2D eigenvalue weighted by atomic mass is 9.94. The SMILES string of the molecule is CC(=O)c1ccccc1C(=O)c1ccc(C(=O)O)c(C(=O)O)c1. The summed E-state index contributed by atoms with van der Waals surface area (Å²) in [6.45, 7) is 1.32. The molecule has 0 unspecified atom stereocenters. The van der Waals surface area contributed by atoms with E-state index in [2.05, 4.69) is 0 Å². The second-order valence-electron chi connectivity index (χ2n) is 4.80. The fourth-order valence-electron chi connectivity index (χ4n) is 2.19. The molecule has 2 aromatic carbocycles. The van der Waals surface area contributed by atoms with Crippen LogP contribution in [0.3, 0.4) is 0 Å². The quantitative estimate of drug-likeness (QED) is 0.821. The van der Waals surface area contributed by atoms with Crippen LogP contribution in [0.15, 0.2) is 42.5 Å². The Morgan fingerprint density at radius 2 is 1.30 bits per heavy atom. The Balaban J connectivity index is 2.57. The molecule has 0 amide bonds. The highest BCUT2D eigenvalue weighted by Gasteiger charge is 2.21. The average Bonchev–Trinajstić information content (AvgIpc) is 2.53. The van der Waals surface area contributed by atoms with Gasteiger partial charge in [0.25, 0.3) is 0 Å². The van der Waals surface area contributed by atoms with E-state index in [-0.39, 0.29) is 22.5 Å². The molecule has 0 aromatic heterocycles. The molecule has 0 atom stereocenters. The first-order chi connectivity index (χ1) is 10.8. The van der Waals surface area contributed by atoms with Gasteiger partial charge < -0.3 is 10.2 Å². The van der Waals surface area contributed by atoms with Crippen molar-refractivity contribution in [3.8, 4) is 0 Å². The van der Waals surface area contributed by atoms with Gasteiger partial charge in [-0.3, -0.25) is 9.59 Å². The molecular weight excluding hydrogens is 300 g/mol. The van der Waals surface area contributed by atoms with Crippen molar-refractivity contribution < 1.29 is 29.4 Å². The second-order valence-corrected chi connectivity index (χ2v) is 4.80. The molecule has 6 nitrogen and oxygen atoms in total. The second kappa shape index (κ2) is 6.23. The monoisotopic (exact) mass is 312 g/mol. The highest BCUT2D eigenvalue weighted by atomic mass is 16.4. The maximum absolute atomic E-state index is 12.5. The summed E-state index contributed by atoms with van der Waals surface area (Å²) in [6, 6.07) is 9.46. The third-order valence-corrected chi connectivity index (χ3v) is 3.29. The number of aromatic carboxylic acids is 2. The van der Waals surface area contributed by atoms with Gasteiger partial charge in [-0.05, 0) is 19.1 Å². The molecule has 116 valence electrons. The van der Waals surface area contributed by atoms with Gasteiger partial charge in [0.1, 0.15) is 0 Å². The van der Waals surface area contributed by atoms with Gasteiger partial charge in [0, 0.05) is 16.7 Å². The topological polar surface area (TPSA) is 109 Å². The van der Waals surface area contributed by atoms with E-state index in [1.165, 1.54) is 25.1 Å². The van der Waals surface area contributed by atoms with Crippen molar-refractivity contribution >= 4 is 23.5 Å². The van der Waals surface area contributed by atoms with E-state index in [0.29, 0.717) is 0 Å². The van der Waals surface area contributed by atoms with E-state index in [1.807, 2.05) is 0 Å². The molecule has 2 N–H and O–H groups in total. The highest BCUT2D eigenvalue weighted by molar-refractivity contribution is 6.16. The molecule has 0 bridgehead atoms. The number of carbonyl (C=O) groups excluding carboxylic acids is 2. The Labute approximate surface area is 131 Å². The first-order valence-electron chi connectivity index (χ1n) is 6.58. The van der Waals surface area contributed by atoms with E-state index in [1.54, 1.807) is 12.1 Å². The zero-order valence-electron chi connectivity index (χ0n) is 12.1. The molecule has 0 saturated heterocycles. The Morgan fingerprint density at radius 1 is 0.739 bits per heavy atom. The third-order valence-electron chi connectivity index (χ3n) is 3.29. The Hall–Kier alpha value is -3.28. The molecule has 0 aliphatic heterocycles. The predicted octanol–water partition coefficient (Wildman–Crippen LogP) is 2.52. The zero-order valence-corrected chi connectivity index (χ0v) is 12.1. The summed E-state index contributed by atoms with van der Waals surface area (Å²) in [5.74, 6) is -3.69. The van der Waals surface area contributed by atoms with Gasteiger partial charge in [0.05, 0.1) is 11.1 Å². The van der Waals surface area contributed by atoms with Crippen molar-refractivity contribution in [2.45, 2.75) is 6.92 Å². The van der Waals surface area contributed by atoms with Gasteiger partial charge in [-0.25, -0.2) is 9.59 Å². The van der Waals surface area contributed by atoms with Crippen LogP contribution in [-0.4, -0.2) is 33.7 Å². The maximum atomic E-state index is 12.5. The molecular formula is C17H12O6. The first-order valence-corrected chi connectivity index (χ1v) is 6.58. The summed E-state index contributed by atoms with van der Waals surface area (Å²) < 4.78 is 0. The number of carbonyl (C=O) groups is 4. The maximum Gasteiger partial charge on any atom is 0.336 e. The first kappa shape index (κ1) is 16.1. The van der Waals surface area contributed by atoms with Gasteiger partial charge >= 0.3 is 11.9 Å². The number of Topliss-reactive ketones (excluding diaryl/α,β-unsaturated/α-hetero) is 1. The Kier molecular flexibility index (Phi) is 4.36. The number of carboxylic acid groups (broad SMARTS) is 2. The fraction of sp³-hybridized carbons (Fsp3) is 0.0588. The van der Waals surface area contributed by atoms with Crippen molar-refractivity contribution in [3.63, 3.8) is 0 Å². The minimum absolute atomic E-state index is 0.00102. The molecule has 0 saturated carbocycles. The lowest BCUT2D eigenvalue weighted by molar-refractivity contribution is 0.0651. The van der Waals surface area contributed by atoms with Crippen LogP contribution in [0.25, 0.3) is 0 Å². The van der Waals surface area contributed by atoms with Crippen LogP contribution in [0.2, 0.25) is 0 Å². The number of hydrogen-bond acceptors (Lipinski definition) is 4. The molecule has 0 radical (unpaired) electrons. The number of rotatable bonds is 5. The number of carboxylic acids is 2. The lowest BCUT2D eigenvalue weighted by Crippen LogP contribution is -2.12. The highest BCUT2D eigenvalue weighted by Crippen LogP contribution is 2.19. The van der Waals surface area contributed by atoms with Gasteiger partial charge in [-0.1, -0.05) is 30.3 Å². The number of hydrogen-bond donors (Lipinski definition) is 2. The van der Waals surface area contributed by atoms with Crippen molar-refractivity contribution in [1.29, 1.82) is 0 Å². The zero-order chi connectivity index (χ0) is 17.1. The Bertz CT molecular complexity index is 835. The van der Waals surface area contributed by atoms with Gasteiger partial charge in [0.15, 0.2) is 11.6 Å². The van der Waals surface area contributed by atoms with Crippen LogP contribution in [0.5, 0.6) is 0 Å². The number of ketones is 2. The normalized spacial score (nSPS) is 10.1. The summed E-state index contributed by atoms with van der Waals surface area (Å²) in [4.78, 5) is 46.3. The summed E-state index contributed by atoms with van der Waals surface area (Å²) in [5, 5.41) is 18.1. The van der Waals surface area contributed by atoms with E-state index in [4.69, 9.17) is 10.2 Å². The molecule has 0 fully saturated rings. The van der Waals surface area contributed by atoms with E-state index in [0.717, 1.165) is 12.1 Å². The molecule has 23 heavy (non-hydrogen) atoms. The van der Waals surface area contributed by atoms with Gasteiger partial charge in [-0.2, -0.15) is 0 Å². The van der Waals surface area contributed by atoms with Gasteiger partial charge in [0.2, 0.25) is 0 Å². The standard InChI is InChI=1S/C17H12O6/c1-9(18)11-4-2-3-5-12(11)15(19)10-6-7-13(16(20)21)14(8-10)17(22)23/h2-8H,1H3,(H,20,21)(H,22,23). The van der Waals surface area contributed by atoms with Crippen molar-refractivity contribution in [3.05, 3.63) is 70.3 Å².